The number of para-hydroxylation sites is 1. The maximum Gasteiger partial charge on any atom is 0.269 e. The minimum Gasteiger partial charge on any atom is -0.278 e. The second kappa shape index (κ2) is 10.5. The van der Waals surface area contributed by atoms with E-state index in [1.54, 1.807) is 48.2 Å². The summed E-state index contributed by atoms with van der Waals surface area (Å²) in [4.78, 5) is 24.7. The minimum absolute atomic E-state index is 0.0588. The first-order chi connectivity index (χ1) is 15.3. The normalized spacial score (nSPS) is 10.9. The molecule has 0 aromatic heterocycles. The van der Waals surface area contributed by atoms with Crippen LogP contribution in [0, 0.1) is 0 Å². The van der Waals surface area contributed by atoms with Crippen molar-refractivity contribution in [3.8, 4) is 0 Å². The fourth-order valence-corrected chi connectivity index (χ4v) is 4.66. The van der Waals surface area contributed by atoms with Gasteiger partial charge in [-0.2, -0.15) is 11.8 Å². The molecule has 10 heteroatoms. The summed E-state index contributed by atoms with van der Waals surface area (Å²) in [5.74, 6) is -0.379. The van der Waals surface area contributed by atoms with E-state index < -0.39 is 21.8 Å². The monoisotopic (exact) mass is 489 g/mol. The Morgan fingerprint density at radius 3 is 2.16 bits per heavy atom. The second-order valence-electron chi connectivity index (χ2n) is 6.65. The number of carbonyl (C=O) groups excluding carboxylic acids is 2. The third-order valence-corrected chi connectivity index (χ3v) is 6.63. The van der Waals surface area contributed by atoms with Crippen molar-refractivity contribution in [3.05, 3.63) is 94.5 Å². The van der Waals surface area contributed by atoms with Gasteiger partial charge in [-0.05, 0) is 54.3 Å². The highest BCUT2D eigenvalue weighted by Crippen LogP contribution is 2.24. The number of nitrogens with one attached hydrogen (secondary N) is 3. The first kappa shape index (κ1) is 23.6. The van der Waals surface area contributed by atoms with E-state index in [4.69, 9.17) is 11.6 Å². The van der Waals surface area contributed by atoms with Crippen molar-refractivity contribution >= 4 is 50.9 Å². The molecule has 0 saturated heterocycles. The Morgan fingerprint density at radius 1 is 0.875 bits per heavy atom. The van der Waals surface area contributed by atoms with Crippen LogP contribution in [0.1, 0.15) is 26.3 Å². The first-order valence-corrected chi connectivity index (χ1v) is 12.6. The molecule has 0 aliphatic heterocycles. The Labute approximate surface area is 195 Å². The molecule has 0 atom stereocenters. The van der Waals surface area contributed by atoms with Crippen LogP contribution in [0.15, 0.2) is 77.7 Å². The molecule has 3 aromatic carbocycles. The molecule has 2 amide bonds. The zero-order valence-corrected chi connectivity index (χ0v) is 19.4. The number of rotatable bonds is 7. The molecule has 32 heavy (non-hydrogen) atoms. The van der Waals surface area contributed by atoms with Crippen LogP contribution in [-0.2, 0) is 15.8 Å². The van der Waals surface area contributed by atoms with Crippen LogP contribution in [-0.4, -0.2) is 26.5 Å². The van der Waals surface area contributed by atoms with Gasteiger partial charge in [-0.15, -0.1) is 0 Å². The molecule has 166 valence electrons. The number of hydrogen-bond donors (Lipinski definition) is 3. The highest BCUT2D eigenvalue weighted by Gasteiger charge is 2.18. The molecule has 0 aliphatic carbocycles. The van der Waals surface area contributed by atoms with Crippen molar-refractivity contribution in [1.29, 1.82) is 0 Å². The lowest BCUT2D eigenvalue weighted by molar-refractivity contribution is 0.0846. The van der Waals surface area contributed by atoms with Gasteiger partial charge < -0.3 is 0 Å². The Bertz CT molecular complexity index is 1250. The molecular weight excluding hydrogens is 470 g/mol. The summed E-state index contributed by atoms with van der Waals surface area (Å²) in [6, 6.07) is 18.9. The van der Waals surface area contributed by atoms with E-state index in [0.717, 1.165) is 11.3 Å². The predicted molar refractivity (Wildman–Crippen MR) is 127 cm³/mol. The summed E-state index contributed by atoms with van der Waals surface area (Å²) < 4.78 is 27.8. The number of halogens is 1. The minimum atomic E-state index is -3.98. The summed E-state index contributed by atoms with van der Waals surface area (Å²) >= 11 is 7.65. The molecule has 0 fully saturated rings. The maximum absolute atomic E-state index is 12.7. The first-order valence-electron chi connectivity index (χ1n) is 9.36. The van der Waals surface area contributed by atoms with Crippen LogP contribution >= 0.6 is 23.4 Å². The molecule has 3 rings (SSSR count). The second-order valence-corrected chi connectivity index (χ2v) is 9.61. The fourth-order valence-electron chi connectivity index (χ4n) is 2.78. The fraction of sp³-hybridized carbons (Fsp3) is 0.0909. The number of anilines is 1. The standard InChI is InChI=1S/C22H20ClN3O4S2/c1-31-14-15-6-4-7-16(12-15)21(27)24-25-22(28)17-8-5-9-18(13-17)32(29,30)26-20-11-3-2-10-19(20)23/h2-13,26H,14H2,1H3,(H,24,27)(H,25,28). The Morgan fingerprint density at radius 2 is 1.50 bits per heavy atom. The molecule has 0 aliphatic rings. The molecule has 3 N–H and O–H groups in total. The number of amides is 2. The van der Waals surface area contributed by atoms with Crippen LogP contribution in [0.4, 0.5) is 5.69 Å². The lowest BCUT2D eigenvalue weighted by Gasteiger charge is -2.11. The van der Waals surface area contributed by atoms with Crippen LogP contribution in [0.2, 0.25) is 5.02 Å². The third-order valence-electron chi connectivity index (χ3n) is 4.31. The topological polar surface area (TPSA) is 104 Å². The Kier molecular flexibility index (Phi) is 7.79. The molecule has 0 unspecified atom stereocenters. The average molecular weight is 490 g/mol. The molecule has 0 bridgehead atoms. The number of benzene rings is 3. The molecule has 7 nitrogen and oxygen atoms in total. The largest absolute Gasteiger partial charge is 0.278 e. The van der Waals surface area contributed by atoms with Gasteiger partial charge in [0.1, 0.15) is 0 Å². The molecule has 0 heterocycles. The van der Waals surface area contributed by atoms with Gasteiger partial charge in [0.25, 0.3) is 21.8 Å². The van der Waals surface area contributed by atoms with E-state index in [-0.39, 0.29) is 21.2 Å². The van der Waals surface area contributed by atoms with Crippen LogP contribution in [0.3, 0.4) is 0 Å². The number of sulfonamides is 1. The molecular formula is C22H20ClN3O4S2. The van der Waals surface area contributed by atoms with Gasteiger partial charge in [-0.1, -0.05) is 41.9 Å². The van der Waals surface area contributed by atoms with E-state index >= 15 is 0 Å². The van der Waals surface area contributed by atoms with Crippen molar-refractivity contribution in [2.24, 2.45) is 0 Å². The Hall–Kier alpha value is -3.01. The van der Waals surface area contributed by atoms with E-state index in [0.29, 0.717) is 5.56 Å². The summed E-state index contributed by atoms with van der Waals surface area (Å²) in [5.41, 5.74) is 6.32. The SMILES string of the molecule is CSCc1cccc(C(=O)NNC(=O)c2cccc(S(=O)(=O)Nc3ccccc3Cl)c2)c1. The molecule has 0 saturated carbocycles. The van der Waals surface area contributed by atoms with Crippen molar-refractivity contribution in [1.82, 2.24) is 10.9 Å². The Balaban J connectivity index is 1.69. The molecule has 3 aromatic rings. The lowest BCUT2D eigenvalue weighted by Crippen LogP contribution is -2.41. The number of carbonyl (C=O) groups is 2. The van der Waals surface area contributed by atoms with E-state index in [1.165, 1.54) is 30.3 Å². The number of thioether (sulfide) groups is 1. The quantitative estimate of drug-likeness (QED) is 0.434. The van der Waals surface area contributed by atoms with Crippen molar-refractivity contribution < 1.29 is 18.0 Å². The molecule has 0 spiro atoms. The van der Waals surface area contributed by atoms with Crippen molar-refractivity contribution in [2.75, 3.05) is 11.0 Å². The van der Waals surface area contributed by atoms with E-state index in [9.17, 15) is 18.0 Å². The number of hydrazine groups is 1. The van der Waals surface area contributed by atoms with Crippen LogP contribution in [0.5, 0.6) is 0 Å². The zero-order valence-electron chi connectivity index (χ0n) is 17.0. The average Bonchev–Trinajstić information content (AvgIpc) is 2.79. The zero-order chi connectivity index (χ0) is 23.1. The summed E-state index contributed by atoms with van der Waals surface area (Å²) in [6.07, 6.45) is 1.96. The van der Waals surface area contributed by atoms with E-state index in [2.05, 4.69) is 15.6 Å². The van der Waals surface area contributed by atoms with Gasteiger partial charge in [0.05, 0.1) is 15.6 Å². The van der Waals surface area contributed by atoms with Gasteiger partial charge in [0, 0.05) is 16.9 Å². The van der Waals surface area contributed by atoms with Crippen LogP contribution < -0.4 is 15.6 Å². The summed E-state index contributed by atoms with van der Waals surface area (Å²) in [7, 11) is -3.98. The highest BCUT2D eigenvalue weighted by molar-refractivity contribution is 7.97. The number of hydrogen-bond acceptors (Lipinski definition) is 5. The summed E-state index contributed by atoms with van der Waals surface area (Å²) in [5, 5.41) is 0.245. The predicted octanol–water partition coefficient (Wildman–Crippen LogP) is 4.08. The molecule has 0 radical (unpaired) electrons. The lowest BCUT2D eigenvalue weighted by atomic mass is 10.1. The van der Waals surface area contributed by atoms with Crippen LogP contribution in [0.25, 0.3) is 0 Å². The van der Waals surface area contributed by atoms with Gasteiger partial charge in [0.2, 0.25) is 0 Å². The smallest absolute Gasteiger partial charge is 0.269 e. The summed E-state index contributed by atoms with van der Waals surface area (Å²) in [6.45, 7) is 0. The van der Waals surface area contributed by atoms with Crippen molar-refractivity contribution in [3.63, 3.8) is 0 Å². The van der Waals surface area contributed by atoms with Gasteiger partial charge in [-0.25, -0.2) is 8.42 Å². The van der Waals surface area contributed by atoms with E-state index in [1.807, 2.05) is 12.3 Å². The van der Waals surface area contributed by atoms with Gasteiger partial charge >= 0.3 is 0 Å². The van der Waals surface area contributed by atoms with Gasteiger partial charge in [0.15, 0.2) is 0 Å². The van der Waals surface area contributed by atoms with Crippen molar-refractivity contribution in [2.45, 2.75) is 10.6 Å². The maximum atomic E-state index is 12.7. The highest BCUT2D eigenvalue weighted by atomic mass is 35.5. The third kappa shape index (κ3) is 6.03. The van der Waals surface area contributed by atoms with Gasteiger partial charge in [-0.3, -0.25) is 25.2 Å².